The molecule has 2 aliphatic rings. The summed E-state index contributed by atoms with van der Waals surface area (Å²) >= 11 is 1.60. The van der Waals surface area contributed by atoms with Gasteiger partial charge in [-0.15, -0.1) is 0 Å². The highest BCUT2D eigenvalue weighted by atomic mass is 32.1. The lowest BCUT2D eigenvalue weighted by molar-refractivity contribution is -0.126. The zero-order valence-corrected chi connectivity index (χ0v) is 13.5. The second-order valence-electron chi connectivity index (χ2n) is 6.30. The van der Waals surface area contributed by atoms with Gasteiger partial charge in [0.25, 0.3) is 0 Å². The van der Waals surface area contributed by atoms with E-state index in [-0.39, 0.29) is 17.9 Å². The molecule has 3 rings (SSSR count). The average Bonchev–Trinajstić information content (AvgIpc) is 3.13. The summed E-state index contributed by atoms with van der Waals surface area (Å²) in [4.78, 5) is 30.4. The molecule has 0 unspecified atom stereocenters. The van der Waals surface area contributed by atoms with Crippen LogP contribution in [0.25, 0.3) is 0 Å². The summed E-state index contributed by atoms with van der Waals surface area (Å²) in [6, 6.07) is 1.99. The number of amides is 3. The van der Waals surface area contributed by atoms with E-state index in [9.17, 15) is 9.59 Å². The number of carbonyl (C=O) groups excluding carboxylic acids is 2. The van der Waals surface area contributed by atoms with Crippen LogP contribution in [0.2, 0.25) is 0 Å². The molecule has 2 fully saturated rings. The number of hydrogen-bond donors (Lipinski definition) is 0. The Morgan fingerprint density at radius 3 is 2.86 bits per heavy atom. The van der Waals surface area contributed by atoms with Crippen LogP contribution in [0.1, 0.15) is 13.3 Å². The molecule has 2 aliphatic heterocycles. The van der Waals surface area contributed by atoms with Gasteiger partial charge in [0.2, 0.25) is 5.91 Å². The van der Waals surface area contributed by atoms with Gasteiger partial charge in [0.05, 0.1) is 11.1 Å². The van der Waals surface area contributed by atoms with Crippen LogP contribution < -0.4 is 4.90 Å². The minimum atomic E-state index is -0.395. The highest BCUT2D eigenvalue weighted by Gasteiger charge is 2.56. The molecule has 3 heterocycles. The topological polar surface area (TPSA) is 43.9 Å². The second-order valence-corrected chi connectivity index (χ2v) is 7.08. The molecular formula is C15H21N3O2S. The summed E-state index contributed by atoms with van der Waals surface area (Å²) < 4.78 is 0. The highest BCUT2D eigenvalue weighted by molar-refractivity contribution is 7.08. The van der Waals surface area contributed by atoms with E-state index in [1.807, 2.05) is 26.6 Å². The van der Waals surface area contributed by atoms with Crippen LogP contribution in [0.15, 0.2) is 16.8 Å². The Kier molecular flexibility index (Phi) is 3.43. The Hall–Kier alpha value is -1.56. The molecule has 3 amide bonds. The van der Waals surface area contributed by atoms with Gasteiger partial charge in [-0.25, -0.2) is 4.79 Å². The summed E-state index contributed by atoms with van der Waals surface area (Å²) in [7, 11) is 3.51. The molecular weight excluding hydrogens is 286 g/mol. The molecule has 1 aromatic heterocycles. The van der Waals surface area contributed by atoms with Gasteiger partial charge in [-0.2, -0.15) is 11.3 Å². The molecule has 1 spiro atoms. The Balaban J connectivity index is 1.83. The first kappa shape index (κ1) is 14.4. The van der Waals surface area contributed by atoms with E-state index in [4.69, 9.17) is 0 Å². The van der Waals surface area contributed by atoms with E-state index in [2.05, 4.69) is 6.92 Å². The van der Waals surface area contributed by atoms with Gasteiger partial charge >= 0.3 is 6.03 Å². The maximum atomic E-state index is 13.0. The monoisotopic (exact) mass is 307 g/mol. The van der Waals surface area contributed by atoms with Crippen molar-refractivity contribution in [2.75, 3.05) is 38.6 Å². The van der Waals surface area contributed by atoms with Crippen LogP contribution in [-0.4, -0.2) is 55.5 Å². The Bertz CT molecular complexity index is 557. The standard InChI is InChI=1S/C15H21N3O2S/c1-11-8-17(14(20)16(2)3)10-15(11)5-6-18(13(15)19)12-4-7-21-9-12/h4,7,9,11H,5-6,8,10H2,1-3H3/t11-,15-/m0/s1. The number of carbonyl (C=O) groups is 2. The molecule has 0 bridgehead atoms. The zero-order valence-electron chi connectivity index (χ0n) is 12.7. The van der Waals surface area contributed by atoms with Crippen LogP contribution in [0, 0.1) is 11.3 Å². The fraction of sp³-hybridized carbons (Fsp3) is 0.600. The predicted octanol–water partition coefficient (Wildman–Crippen LogP) is 2.10. The summed E-state index contributed by atoms with van der Waals surface area (Å²) in [6.07, 6.45) is 0.833. The van der Waals surface area contributed by atoms with Crippen LogP contribution in [0.4, 0.5) is 10.5 Å². The smallest absolute Gasteiger partial charge is 0.319 e. The normalized spacial score (nSPS) is 28.7. The number of urea groups is 1. The van der Waals surface area contributed by atoms with E-state index in [0.29, 0.717) is 13.1 Å². The lowest BCUT2D eigenvalue weighted by Crippen LogP contribution is -2.42. The van der Waals surface area contributed by atoms with Gasteiger partial charge in [0, 0.05) is 39.1 Å². The van der Waals surface area contributed by atoms with Crippen molar-refractivity contribution in [3.05, 3.63) is 16.8 Å². The molecule has 0 aliphatic carbocycles. The van der Waals surface area contributed by atoms with Gasteiger partial charge in [-0.3, -0.25) is 4.79 Å². The number of rotatable bonds is 1. The minimum Gasteiger partial charge on any atom is -0.331 e. The molecule has 1 aromatic rings. The maximum Gasteiger partial charge on any atom is 0.319 e. The van der Waals surface area contributed by atoms with Crippen molar-refractivity contribution in [2.45, 2.75) is 13.3 Å². The van der Waals surface area contributed by atoms with Gasteiger partial charge in [-0.05, 0) is 23.8 Å². The van der Waals surface area contributed by atoms with Crippen molar-refractivity contribution in [3.8, 4) is 0 Å². The molecule has 0 saturated carbocycles. The van der Waals surface area contributed by atoms with E-state index in [0.717, 1.165) is 18.7 Å². The molecule has 2 saturated heterocycles. The van der Waals surface area contributed by atoms with Gasteiger partial charge in [-0.1, -0.05) is 6.92 Å². The van der Waals surface area contributed by atoms with Crippen LogP contribution in [-0.2, 0) is 4.79 Å². The lowest BCUT2D eigenvalue weighted by Gasteiger charge is -2.26. The number of thiophene rings is 1. The number of nitrogens with zero attached hydrogens (tertiary/aromatic N) is 3. The van der Waals surface area contributed by atoms with Crippen molar-refractivity contribution < 1.29 is 9.59 Å². The van der Waals surface area contributed by atoms with E-state index < -0.39 is 5.41 Å². The first-order valence-electron chi connectivity index (χ1n) is 7.26. The average molecular weight is 307 g/mol. The van der Waals surface area contributed by atoms with Crippen molar-refractivity contribution in [1.82, 2.24) is 9.80 Å². The summed E-state index contributed by atoms with van der Waals surface area (Å²) in [5.41, 5.74) is 0.597. The number of anilines is 1. The van der Waals surface area contributed by atoms with E-state index in [1.54, 1.807) is 30.3 Å². The van der Waals surface area contributed by atoms with Crippen molar-refractivity contribution in [1.29, 1.82) is 0 Å². The van der Waals surface area contributed by atoms with Crippen molar-refractivity contribution >= 4 is 29.0 Å². The van der Waals surface area contributed by atoms with Gasteiger partial charge < -0.3 is 14.7 Å². The van der Waals surface area contributed by atoms with Crippen molar-refractivity contribution in [3.63, 3.8) is 0 Å². The molecule has 5 nitrogen and oxygen atoms in total. The summed E-state index contributed by atoms with van der Waals surface area (Å²) in [5, 5.41) is 4.01. The SMILES string of the molecule is C[C@H]1CN(C(=O)N(C)C)C[C@@]12CCN(c1ccsc1)C2=O. The van der Waals surface area contributed by atoms with Crippen LogP contribution in [0.5, 0.6) is 0 Å². The number of hydrogen-bond acceptors (Lipinski definition) is 3. The molecule has 0 aromatic carbocycles. The van der Waals surface area contributed by atoms with Crippen LogP contribution >= 0.6 is 11.3 Å². The number of likely N-dealkylation sites (tertiary alicyclic amines) is 1. The third kappa shape index (κ3) is 2.12. The lowest BCUT2D eigenvalue weighted by atomic mass is 9.78. The molecule has 114 valence electrons. The third-order valence-corrected chi connectivity index (χ3v) is 5.50. The third-order valence-electron chi connectivity index (χ3n) is 4.83. The molecule has 0 radical (unpaired) electrons. The molecule has 0 N–H and O–H groups in total. The van der Waals surface area contributed by atoms with Gasteiger partial charge in [0.1, 0.15) is 0 Å². The Morgan fingerprint density at radius 1 is 1.48 bits per heavy atom. The fourth-order valence-corrected chi connectivity index (χ4v) is 4.19. The quantitative estimate of drug-likeness (QED) is 0.797. The second kappa shape index (κ2) is 5.02. The Morgan fingerprint density at radius 2 is 2.24 bits per heavy atom. The fourth-order valence-electron chi connectivity index (χ4n) is 3.54. The maximum absolute atomic E-state index is 13.0. The predicted molar refractivity (Wildman–Crippen MR) is 83.5 cm³/mol. The summed E-state index contributed by atoms with van der Waals surface area (Å²) in [5.74, 6) is 0.389. The van der Waals surface area contributed by atoms with Crippen molar-refractivity contribution in [2.24, 2.45) is 11.3 Å². The first-order valence-corrected chi connectivity index (χ1v) is 8.20. The highest BCUT2D eigenvalue weighted by Crippen LogP contribution is 2.46. The van der Waals surface area contributed by atoms with Gasteiger partial charge in [0.15, 0.2) is 0 Å². The van der Waals surface area contributed by atoms with E-state index in [1.165, 1.54) is 0 Å². The minimum absolute atomic E-state index is 0.000471. The first-order chi connectivity index (χ1) is 9.95. The van der Waals surface area contributed by atoms with Crippen LogP contribution in [0.3, 0.4) is 0 Å². The zero-order chi connectivity index (χ0) is 15.2. The summed E-state index contributed by atoms with van der Waals surface area (Å²) in [6.45, 7) is 4.06. The molecule has 2 atom stereocenters. The molecule has 21 heavy (non-hydrogen) atoms. The van der Waals surface area contributed by atoms with E-state index >= 15 is 0 Å². The molecule has 6 heteroatoms. The Labute approximate surface area is 129 Å². The largest absolute Gasteiger partial charge is 0.331 e.